The van der Waals surface area contributed by atoms with Crippen LogP contribution in [0, 0.1) is 11.3 Å². The van der Waals surface area contributed by atoms with Crippen molar-refractivity contribution >= 4 is 6.29 Å². The molecule has 0 bridgehead atoms. The Labute approximate surface area is 129 Å². The summed E-state index contributed by atoms with van der Waals surface area (Å²) in [5.41, 5.74) is 4.58. The van der Waals surface area contributed by atoms with Crippen LogP contribution in [0.3, 0.4) is 0 Å². The lowest BCUT2D eigenvalue weighted by atomic mass is 9.50. The predicted molar refractivity (Wildman–Crippen MR) is 87.7 cm³/mol. The summed E-state index contributed by atoms with van der Waals surface area (Å²) in [5.74, 6) is 1.10. The van der Waals surface area contributed by atoms with Crippen molar-refractivity contribution in [3.63, 3.8) is 0 Å². The molecule has 1 fully saturated rings. The minimum Gasteiger partial charge on any atom is -0.303 e. The van der Waals surface area contributed by atoms with Gasteiger partial charge in [-0.1, -0.05) is 52.3 Å². The first-order valence-corrected chi connectivity index (χ1v) is 8.50. The molecule has 0 radical (unpaired) electrons. The third kappa shape index (κ3) is 2.17. The molecular formula is C20H28O. The van der Waals surface area contributed by atoms with Gasteiger partial charge in [-0.05, 0) is 59.6 Å². The summed E-state index contributed by atoms with van der Waals surface area (Å²) >= 11 is 0. The average molecular weight is 284 g/mol. The van der Waals surface area contributed by atoms with Crippen molar-refractivity contribution < 1.29 is 4.79 Å². The van der Waals surface area contributed by atoms with Crippen molar-refractivity contribution in [2.24, 2.45) is 11.3 Å². The molecule has 2 aliphatic rings. The van der Waals surface area contributed by atoms with Gasteiger partial charge in [0.1, 0.15) is 6.29 Å². The van der Waals surface area contributed by atoms with Crippen molar-refractivity contribution in [2.45, 2.75) is 71.1 Å². The van der Waals surface area contributed by atoms with Gasteiger partial charge in [-0.2, -0.15) is 0 Å². The highest BCUT2D eigenvalue weighted by molar-refractivity contribution is 5.61. The second-order valence-corrected chi connectivity index (χ2v) is 8.06. The molecule has 1 nitrogen and oxygen atoms in total. The summed E-state index contributed by atoms with van der Waals surface area (Å²) < 4.78 is 0. The van der Waals surface area contributed by atoms with E-state index in [1.165, 1.54) is 42.2 Å². The number of carbonyl (C=O) groups is 1. The smallest absolute Gasteiger partial charge is 0.126 e. The Kier molecular flexibility index (Phi) is 3.50. The lowest BCUT2D eigenvalue weighted by molar-refractivity contribution is -0.123. The zero-order valence-corrected chi connectivity index (χ0v) is 13.9. The molecule has 21 heavy (non-hydrogen) atoms. The molecule has 3 rings (SSSR count). The Morgan fingerprint density at radius 1 is 1.24 bits per heavy atom. The number of carbonyl (C=O) groups excluding carboxylic acids is 1. The fourth-order valence-electron chi connectivity index (χ4n) is 5.06. The second kappa shape index (κ2) is 4.97. The molecule has 1 saturated carbocycles. The Hall–Kier alpha value is -1.11. The first kappa shape index (κ1) is 14.8. The normalized spacial score (nSPS) is 35.2. The van der Waals surface area contributed by atoms with Gasteiger partial charge < -0.3 is 4.79 Å². The Morgan fingerprint density at radius 3 is 2.67 bits per heavy atom. The maximum atomic E-state index is 11.7. The summed E-state index contributed by atoms with van der Waals surface area (Å²) in [6.45, 7) is 9.12. The lowest BCUT2D eigenvalue weighted by Gasteiger charge is -2.53. The van der Waals surface area contributed by atoms with E-state index < -0.39 is 0 Å². The van der Waals surface area contributed by atoms with E-state index in [0.29, 0.717) is 11.8 Å². The van der Waals surface area contributed by atoms with Gasteiger partial charge in [0.2, 0.25) is 0 Å². The van der Waals surface area contributed by atoms with Crippen LogP contribution in [0.5, 0.6) is 0 Å². The van der Waals surface area contributed by atoms with Crippen LogP contribution in [0.2, 0.25) is 0 Å². The van der Waals surface area contributed by atoms with Crippen LogP contribution in [-0.2, 0) is 16.6 Å². The fourth-order valence-corrected chi connectivity index (χ4v) is 5.06. The third-order valence-electron chi connectivity index (χ3n) is 6.36. The summed E-state index contributed by atoms with van der Waals surface area (Å²) in [4.78, 5) is 11.7. The molecule has 1 heteroatoms. The van der Waals surface area contributed by atoms with Crippen LogP contribution < -0.4 is 0 Å². The van der Waals surface area contributed by atoms with Gasteiger partial charge in [0.05, 0.1) is 0 Å². The summed E-state index contributed by atoms with van der Waals surface area (Å²) in [6.07, 6.45) is 7.03. The molecule has 0 spiro atoms. The lowest BCUT2D eigenvalue weighted by Crippen LogP contribution is -2.49. The second-order valence-electron chi connectivity index (χ2n) is 8.06. The van der Waals surface area contributed by atoms with Crippen molar-refractivity contribution in [3.05, 3.63) is 34.9 Å². The molecule has 0 aliphatic heterocycles. The minimum atomic E-state index is -0.124. The van der Waals surface area contributed by atoms with Crippen LogP contribution in [0.1, 0.15) is 76.0 Å². The van der Waals surface area contributed by atoms with E-state index in [1.54, 1.807) is 0 Å². The molecule has 1 aromatic rings. The Bertz CT molecular complexity index is 559. The monoisotopic (exact) mass is 284 g/mol. The number of rotatable bonds is 2. The van der Waals surface area contributed by atoms with E-state index in [1.807, 2.05) is 0 Å². The molecule has 0 saturated heterocycles. The summed E-state index contributed by atoms with van der Waals surface area (Å²) in [6, 6.07) is 7.10. The molecule has 0 aromatic heterocycles. The number of benzene rings is 1. The quantitative estimate of drug-likeness (QED) is 0.697. The summed E-state index contributed by atoms with van der Waals surface area (Å²) in [5, 5.41) is 0. The molecule has 0 unspecified atom stereocenters. The third-order valence-corrected chi connectivity index (χ3v) is 6.36. The van der Waals surface area contributed by atoms with Crippen molar-refractivity contribution in [3.8, 4) is 0 Å². The van der Waals surface area contributed by atoms with Crippen LogP contribution >= 0.6 is 0 Å². The standard InChI is InChI=1S/C20H28O/c1-14(2)15-6-8-17-16(12-15)7-9-18-19(3,13-21)10-5-11-20(17,18)4/h6,8,12-14,18H,5,7,9-11H2,1-4H3/t18-,19+,20-/m1/s1. The Balaban J connectivity index is 2.07. The van der Waals surface area contributed by atoms with Crippen LogP contribution in [-0.4, -0.2) is 6.29 Å². The van der Waals surface area contributed by atoms with Crippen molar-refractivity contribution in [2.75, 3.05) is 0 Å². The first-order chi connectivity index (χ1) is 9.90. The summed E-state index contributed by atoms with van der Waals surface area (Å²) in [7, 11) is 0. The van der Waals surface area contributed by atoms with Crippen molar-refractivity contribution in [1.82, 2.24) is 0 Å². The fraction of sp³-hybridized carbons (Fsp3) is 0.650. The predicted octanol–water partition coefficient (Wildman–Crippen LogP) is 5.02. The maximum Gasteiger partial charge on any atom is 0.126 e. The van der Waals surface area contributed by atoms with E-state index in [2.05, 4.69) is 45.9 Å². The molecule has 3 atom stereocenters. The minimum absolute atomic E-state index is 0.124. The maximum absolute atomic E-state index is 11.7. The van der Waals surface area contributed by atoms with Gasteiger partial charge in [-0.3, -0.25) is 0 Å². The molecule has 0 heterocycles. The highest BCUT2D eigenvalue weighted by Crippen LogP contribution is 2.56. The van der Waals surface area contributed by atoms with Gasteiger partial charge in [-0.15, -0.1) is 0 Å². The zero-order valence-electron chi connectivity index (χ0n) is 13.9. The number of hydrogen-bond acceptors (Lipinski definition) is 1. The van der Waals surface area contributed by atoms with Gasteiger partial charge in [0.15, 0.2) is 0 Å². The number of aldehydes is 1. The zero-order chi connectivity index (χ0) is 15.3. The SMILES string of the molecule is CC(C)c1ccc2c(c1)CC[C@@H]1[C@](C)(C=O)CCC[C@]21C. The van der Waals surface area contributed by atoms with Crippen molar-refractivity contribution in [1.29, 1.82) is 0 Å². The van der Waals surface area contributed by atoms with Gasteiger partial charge in [-0.25, -0.2) is 0 Å². The van der Waals surface area contributed by atoms with E-state index in [4.69, 9.17) is 0 Å². The van der Waals surface area contributed by atoms with Crippen LogP contribution in [0.4, 0.5) is 0 Å². The van der Waals surface area contributed by atoms with Crippen LogP contribution in [0.15, 0.2) is 18.2 Å². The number of fused-ring (bicyclic) bond motifs is 3. The van der Waals surface area contributed by atoms with Gasteiger partial charge in [0.25, 0.3) is 0 Å². The van der Waals surface area contributed by atoms with Crippen LogP contribution in [0.25, 0.3) is 0 Å². The van der Waals surface area contributed by atoms with E-state index in [0.717, 1.165) is 12.8 Å². The highest BCUT2D eigenvalue weighted by atomic mass is 16.1. The molecule has 1 aromatic carbocycles. The number of hydrogen-bond donors (Lipinski definition) is 0. The molecule has 2 aliphatic carbocycles. The van der Waals surface area contributed by atoms with E-state index in [9.17, 15) is 4.79 Å². The molecule has 114 valence electrons. The van der Waals surface area contributed by atoms with E-state index >= 15 is 0 Å². The number of aryl methyl sites for hydroxylation is 1. The largest absolute Gasteiger partial charge is 0.303 e. The molecule has 0 amide bonds. The Morgan fingerprint density at radius 2 is 2.00 bits per heavy atom. The van der Waals surface area contributed by atoms with Gasteiger partial charge in [0, 0.05) is 5.41 Å². The first-order valence-electron chi connectivity index (χ1n) is 8.50. The average Bonchev–Trinajstić information content (AvgIpc) is 2.46. The highest BCUT2D eigenvalue weighted by Gasteiger charge is 2.51. The topological polar surface area (TPSA) is 17.1 Å². The van der Waals surface area contributed by atoms with Gasteiger partial charge >= 0.3 is 0 Å². The van der Waals surface area contributed by atoms with E-state index in [-0.39, 0.29) is 10.8 Å². The molecular weight excluding hydrogens is 256 g/mol. The molecule has 0 N–H and O–H groups in total.